The van der Waals surface area contributed by atoms with Crippen LogP contribution in [0.4, 0.5) is 11.4 Å². The minimum Gasteiger partial charge on any atom is -0.454 e. The number of ether oxygens (including phenoxy) is 1. The Morgan fingerprint density at radius 2 is 1.68 bits per heavy atom. The van der Waals surface area contributed by atoms with E-state index in [4.69, 9.17) is 16.3 Å². The molecule has 0 fully saturated rings. The van der Waals surface area contributed by atoms with Crippen LogP contribution in [0.5, 0.6) is 0 Å². The number of nitrogens with zero attached hydrogens (tertiary/aromatic N) is 2. The summed E-state index contributed by atoms with van der Waals surface area (Å²) in [6.45, 7) is 3.57. The summed E-state index contributed by atoms with van der Waals surface area (Å²) in [6, 6.07) is 20.2. The van der Waals surface area contributed by atoms with Gasteiger partial charge in [-0.1, -0.05) is 61.8 Å². The molecule has 7 nitrogen and oxygen atoms in total. The number of rotatable bonds is 7. The number of carbonyl (C=O) groups excluding carboxylic acids is 2. The Morgan fingerprint density at radius 1 is 1.03 bits per heavy atom. The number of likely N-dealkylation sites (N-methyl/N-ethyl adjacent to an activating group) is 1. The average molecular weight is 539 g/mol. The van der Waals surface area contributed by atoms with E-state index in [1.54, 1.807) is 30.3 Å². The molecule has 1 heterocycles. The summed E-state index contributed by atoms with van der Waals surface area (Å²) in [5.41, 5.74) is 2.92. The van der Waals surface area contributed by atoms with Crippen molar-refractivity contribution in [1.82, 2.24) is 0 Å². The number of carbonyl (C=O) groups is 2. The Labute approximate surface area is 222 Å². The molecule has 37 heavy (non-hydrogen) atoms. The Hall–Kier alpha value is -3.62. The molecule has 0 unspecified atom stereocenters. The zero-order valence-electron chi connectivity index (χ0n) is 20.9. The smallest absolute Gasteiger partial charge is 0.338 e. The topological polar surface area (TPSA) is 84.0 Å². The van der Waals surface area contributed by atoms with Crippen molar-refractivity contribution in [2.24, 2.45) is 0 Å². The van der Waals surface area contributed by atoms with Crippen molar-refractivity contribution < 1.29 is 22.7 Å². The third kappa shape index (κ3) is 4.99. The predicted molar refractivity (Wildman–Crippen MR) is 145 cm³/mol. The van der Waals surface area contributed by atoms with E-state index in [-0.39, 0.29) is 21.3 Å². The van der Waals surface area contributed by atoms with E-state index in [0.717, 1.165) is 27.3 Å². The molecule has 0 aliphatic carbocycles. The van der Waals surface area contributed by atoms with Gasteiger partial charge in [0.05, 0.1) is 16.3 Å². The zero-order chi connectivity index (χ0) is 27.0. The number of fused-ring (bicyclic) bond motifs is 1. The van der Waals surface area contributed by atoms with Crippen LogP contribution in [-0.4, -0.2) is 40.9 Å². The molecule has 0 bridgehead atoms. The molecule has 3 aromatic carbocycles. The highest BCUT2D eigenvalue weighted by atomic mass is 35.5. The maximum atomic E-state index is 13.2. The van der Waals surface area contributed by atoms with Crippen molar-refractivity contribution in [3.8, 4) is 0 Å². The SMILES string of the molecule is CN1C(=CC(=O)COC(=O)c2ccc(Cl)c(S(=O)(=O)N(C)c3ccccc3)c2)C(C)(C)c2ccccc21. The molecule has 0 spiro atoms. The number of allylic oxidation sites excluding steroid dienone is 1. The second-order valence-corrected chi connectivity index (χ2v) is 11.6. The lowest BCUT2D eigenvalue weighted by Crippen LogP contribution is -2.27. The summed E-state index contributed by atoms with van der Waals surface area (Å²) in [6.07, 6.45) is 1.49. The normalized spacial score (nSPS) is 15.4. The van der Waals surface area contributed by atoms with Crippen molar-refractivity contribution >= 4 is 44.8 Å². The van der Waals surface area contributed by atoms with Gasteiger partial charge >= 0.3 is 5.97 Å². The first-order valence-corrected chi connectivity index (χ1v) is 13.4. The molecule has 0 N–H and O–H groups in total. The third-order valence-electron chi connectivity index (χ3n) is 6.51. The lowest BCUT2D eigenvalue weighted by atomic mass is 9.83. The lowest BCUT2D eigenvalue weighted by Gasteiger charge is -2.23. The van der Waals surface area contributed by atoms with Crippen LogP contribution in [-0.2, 0) is 25.0 Å². The fraction of sp³-hybridized carbons (Fsp3) is 0.214. The third-order valence-corrected chi connectivity index (χ3v) is 8.78. The molecule has 192 valence electrons. The second-order valence-electron chi connectivity index (χ2n) is 9.23. The van der Waals surface area contributed by atoms with Gasteiger partial charge in [-0.2, -0.15) is 0 Å². The number of benzene rings is 3. The van der Waals surface area contributed by atoms with Crippen molar-refractivity contribution in [3.05, 3.63) is 101 Å². The highest BCUT2D eigenvalue weighted by Gasteiger charge is 2.38. The molecule has 0 aromatic heterocycles. The molecule has 9 heteroatoms. The van der Waals surface area contributed by atoms with Crippen LogP contribution in [0.15, 0.2) is 89.5 Å². The van der Waals surface area contributed by atoms with Gasteiger partial charge in [0.2, 0.25) is 0 Å². The lowest BCUT2D eigenvalue weighted by molar-refractivity contribution is -0.117. The fourth-order valence-electron chi connectivity index (χ4n) is 4.43. The number of hydrogen-bond donors (Lipinski definition) is 0. The van der Waals surface area contributed by atoms with Gasteiger partial charge in [-0.05, 0) is 42.0 Å². The van der Waals surface area contributed by atoms with E-state index in [1.807, 2.05) is 50.1 Å². The molecule has 0 amide bonds. The van der Waals surface area contributed by atoms with Crippen LogP contribution in [0.25, 0.3) is 0 Å². The van der Waals surface area contributed by atoms with E-state index in [1.165, 1.54) is 25.3 Å². The van der Waals surface area contributed by atoms with Crippen molar-refractivity contribution in [2.75, 3.05) is 29.9 Å². The predicted octanol–water partition coefficient (Wildman–Crippen LogP) is 5.20. The van der Waals surface area contributed by atoms with E-state index in [9.17, 15) is 18.0 Å². The Morgan fingerprint density at radius 3 is 2.35 bits per heavy atom. The maximum absolute atomic E-state index is 13.2. The number of para-hydroxylation sites is 2. The number of sulfonamides is 1. The first kappa shape index (κ1) is 26.4. The van der Waals surface area contributed by atoms with Crippen molar-refractivity contribution in [2.45, 2.75) is 24.2 Å². The van der Waals surface area contributed by atoms with Gasteiger partial charge in [-0.3, -0.25) is 9.10 Å². The molecular formula is C28H27ClN2O5S. The van der Waals surface area contributed by atoms with E-state index in [2.05, 4.69) is 0 Å². The summed E-state index contributed by atoms with van der Waals surface area (Å²) < 4.78 is 32.7. The van der Waals surface area contributed by atoms with Crippen molar-refractivity contribution in [3.63, 3.8) is 0 Å². The molecule has 0 saturated carbocycles. The largest absolute Gasteiger partial charge is 0.454 e. The molecule has 0 atom stereocenters. The van der Waals surface area contributed by atoms with Crippen LogP contribution in [0.3, 0.4) is 0 Å². The van der Waals surface area contributed by atoms with Gasteiger partial charge in [0, 0.05) is 37.0 Å². The maximum Gasteiger partial charge on any atom is 0.338 e. The molecule has 1 aliphatic rings. The molecular weight excluding hydrogens is 512 g/mol. The summed E-state index contributed by atoms with van der Waals surface area (Å²) in [7, 11) is -0.769. The monoisotopic (exact) mass is 538 g/mol. The van der Waals surface area contributed by atoms with Crippen LogP contribution < -0.4 is 9.21 Å². The van der Waals surface area contributed by atoms with Crippen molar-refractivity contribution in [1.29, 1.82) is 0 Å². The number of halogens is 1. The fourth-order valence-corrected chi connectivity index (χ4v) is 6.12. The van der Waals surface area contributed by atoms with E-state index in [0.29, 0.717) is 5.69 Å². The number of ketones is 1. The van der Waals surface area contributed by atoms with Gasteiger partial charge in [-0.25, -0.2) is 13.2 Å². The summed E-state index contributed by atoms with van der Waals surface area (Å²) in [4.78, 5) is 27.2. The molecule has 0 saturated heterocycles. The summed E-state index contributed by atoms with van der Waals surface area (Å²) >= 11 is 6.19. The minimum atomic E-state index is -4.06. The van der Waals surface area contributed by atoms with Gasteiger partial charge in [0.1, 0.15) is 4.90 Å². The van der Waals surface area contributed by atoms with E-state index < -0.39 is 28.0 Å². The highest BCUT2D eigenvalue weighted by Crippen LogP contribution is 2.46. The number of esters is 1. The molecule has 1 aliphatic heterocycles. The van der Waals surface area contributed by atoms with Crippen LogP contribution in [0.1, 0.15) is 29.8 Å². The van der Waals surface area contributed by atoms with E-state index >= 15 is 0 Å². The standard InChI is InChI=1S/C28H27ClN2O5S/c1-28(2)22-12-8-9-13-24(22)30(3)26(28)17-21(32)18-36-27(33)19-14-15-23(29)25(16-19)37(34,35)31(4)20-10-6-5-7-11-20/h5-17H,18H2,1-4H3. The quantitative estimate of drug-likeness (QED) is 0.303. The molecule has 3 aromatic rings. The minimum absolute atomic E-state index is 0.0318. The van der Waals surface area contributed by atoms with Gasteiger partial charge < -0.3 is 9.64 Å². The Kier molecular flexibility index (Phi) is 7.17. The summed E-state index contributed by atoms with van der Waals surface area (Å²) in [5.74, 6) is -1.22. The first-order chi connectivity index (χ1) is 17.4. The first-order valence-electron chi connectivity index (χ1n) is 11.5. The van der Waals surface area contributed by atoms with Gasteiger partial charge in [0.15, 0.2) is 12.4 Å². The Bertz CT molecular complexity index is 1500. The Balaban J connectivity index is 1.50. The van der Waals surface area contributed by atoms with Gasteiger partial charge in [0.25, 0.3) is 10.0 Å². The number of hydrogen-bond acceptors (Lipinski definition) is 6. The highest BCUT2D eigenvalue weighted by molar-refractivity contribution is 7.93. The molecule has 4 rings (SSSR count). The number of anilines is 2. The molecule has 0 radical (unpaired) electrons. The average Bonchev–Trinajstić information content (AvgIpc) is 3.08. The second kappa shape index (κ2) is 10.0. The van der Waals surface area contributed by atoms with Crippen LogP contribution in [0, 0.1) is 0 Å². The van der Waals surface area contributed by atoms with Gasteiger partial charge in [-0.15, -0.1) is 0 Å². The zero-order valence-corrected chi connectivity index (χ0v) is 22.5. The summed E-state index contributed by atoms with van der Waals surface area (Å²) in [5, 5.41) is -0.0359. The van der Waals surface area contributed by atoms with Crippen LogP contribution >= 0.6 is 11.6 Å². The van der Waals surface area contributed by atoms with Crippen LogP contribution in [0.2, 0.25) is 5.02 Å².